The van der Waals surface area contributed by atoms with E-state index in [1.807, 2.05) is 41.3 Å². The molecule has 4 nitrogen and oxygen atoms in total. The highest BCUT2D eigenvalue weighted by molar-refractivity contribution is 5.84. The van der Waals surface area contributed by atoms with Gasteiger partial charge in [0.1, 0.15) is 0 Å². The molecule has 1 aliphatic heterocycles. The van der Waals surface area contributed by atoms with Gasteiger partial charge in [-0.2, -0.15) is 0 Å². The van der Waals surface area contributed by atoms with Gasteiger partial charge in [-0.15, -0.1) is 0 Å². The van der Waals surface area contributed by atoms with E-state index in [9.17, 15) is 9.59 Å². The summed E-state index contributed by atoms with van der Waals surface area (Å²) in [6.45, 7) is 3.56. The Labute approximate surface area is 174 Å². The van der Waals surface area contributed by atoms with Crippen LogP contribution in [0.15, 0.2) is 60.7 Å². The number of rotatable bonds is 8. The second-order valence-electron chi connectivity index (χ2n) is 7.90. The van der Waals surface area contributed by atoms with Crippen LogP contribution in [0.25, 0.3) is 0 Å². The topological polar surface area (TPSA) is 49.4 Å². The number of piperidine rings is 1. The number of hydrogen-bond donors (Lipinski definition) is 1. The number of benzene rings is 2. The first-order valence-corrected chi connectivity index (χ1v) is 10.8. The van der Waals surface area contributed by atoms with Gasteiger partial charge in [-0.1, -0.05) is 74.0 Å². The third-order valence-electron chi connectivity index (χ3n) is 5.73. The normalized spacial score (nSPS) is 15.7. The number of carbonyl (C=O) groups excluding carboxylic acids is 2. The highest BCUT2D eigenvalue weighted by atomic mass is 16.2. The fourth-order valence-electron chi connectivity index (χ4n) is 4.07. The molecule has 2 aromatic rings. The molecule has 1 N–H and O–H groups in total. The molecule has 2 amide bonds. The molecule has 1 aliphatic rings. The van der Waals surface area contributed by atoms with Gasteiger partial charge in [-0.05, 0) is 36.8 Å². The number of nitrogens with one attached hydrogen (secondary N) is 1. The van der Waals surface area contributed by atoms with Gasteiger partial charge in [0.25, 0.3) is 0 Å². The zero-order valence-electron chi connectivity index (χ0n) is 17.3. The molecule has 0 radical (unpaired) electrons. The Morgan fingerprint density at radius 2 is 1.62 bits per heavy atom. The Hall–Kier alpha value is -2.62. The van der Waals surface area contributed by atoms with E-state index >= 15 is 0 Å². The Balaban J connectivity index is 1.46. The van der Waals surface area contributed by atoms with Crippen molar-refractivity contribution in [1.29, 1.82) is 0 Å². The molecule has 0 aliphatic carbocycles. The predicted octanol–water partition coefficient (Wildman–Crippen LogP) is 4.31. The van der Waals surface area contributed by atoms with E-state index in [1.165, 1.54) is 5.56 Å². The summed E-state index contributed by atoms with van der Waals surface area (Å²) >= 11 is 0. The van der Waals surface area contributed by atoms with Crippen molar-refractivity contribution in [2.24, 2.45) is 0 Å². The van der Waals surface area contributed by atoms with Gasteiger partial charge in [0.15, 0.2) is 0 Å². The summed E-state index contributed by atoms with van der Waals surface area (Å²) in [4.78, 5) is 27.4. The Morgan fingerprint density at radius 3 is 2.24 bits per heavy atom. The van der Waals surface area contributed by atoms with Crippen LogP contribution in [0, 0.1) is 0 Å². The van der Waals surface area contributed by atoms with E-state index < -0.39 is 0 Å². The van der Waals surface area contributed by atoms with Crippen LogP contribution in [-0.4, -0.2) is 35.8 Å². The maximum absolute atomic E-state index is 13.1. The third kappa shape index (κ3) is 6.18. The molecular weight excluding hydrogens is 360 g/mol. The summed E-state index contributed by atoms with van der Waals surface area (Å²) in [6, 6.07) is 20.4. The molecule has 1 unspecified atom stereocenters. The third-order valence-corrected chi connectivity index (χ3v) is 5.73. The predicted molar refractivity (Wildman–Crippen MR) is 117 cm³/mol. The number of aryl methyl sites for hydroxylation is 1. The fourth-order valence-corrected chi connectivity index (χ4v) is 4.07. The van der Waals surface area contributed by atoms with Gasteiger partial charge in [0.05, 0.1) is 5.92 Å². The average molecular weight is 393 g/mol. The van der Waals surface area contributed by atoms with Gasteiger partial charge >= 0.3 is 0 Å². The number of carbonyl (C=O) groups is 2. The first-order chi connectivity index (χ1) is 14.2. The van der Waals surface area contributed by atoms with Crippen LogP contribution >= 0.6 is 0 Å². The number of amides is 2. The lowest BCUT2D eigenvalue weighted by atomic mass is 9.92. The maximum Gasteiger partial charge on any atom is 0.230 e. The monoisotopic (exact) mass is 392 g/mol. The zero-order chi connectivity index (χ0) is 20.5. The molecule has 0 bridgehead atoms. The van der Waals surface area contributed by atoms with Gasteiger partial charge in [0, 0.05) is 25.6 Å². The summed E-state index contributed by atoms with van der Waals surface area (Å²) in [5.74, 6) is 0.275. The quantitative estimate of drug-likeness (QED) is 0.728. The number of nitrogens with zero attached hydrogens (tertiary/aromatic N) is 1. The minimum absolute atomic E-state index is 0.0572. The van der Waals surface area contributed by atoms with Crippen LogP contribution in [-0.2, 0) is 16.0 Å². The second-order valence-corrected chi connectivity index (χ2v) is 7.90. The van der Waals surface area contributed by atoms with E-state index in [2.05, 4.69) is 36.5 Å². The van der Waals surface area contributed by atoms with Gasteiger partial charge < -0.3 is 10.2 Å². The minimum Gasteiger partial charge on any atom is -0.353 e. The first-order valence-electron chi connectivity index (χ1n) is 10.8. The Bertz CT molecular complexity index is 768. The number of hydrogen-bond acceptors (Lipinski definition) is 2. The molecule has 4 heteroatoms. The van der Waals surface area contributed by atoms with E-state index in [4.69, 9.17) is 0 Å². The maximum atomic E-state index is 13.1. The van der Waals surface area contributed by atoms with Crippen molar-refractivity contribution < 1.29 is 9.59 Å². The standard InChI is InChI=1S/C25H32N2O2/c1-2-9-23(21-12-7-4-8-13-21)25(29)27-18-16-22(17-19-27)26-24(28)15-14-20-10-5-3-6-11-20/h3-8,10-13,22-23H,2,9,14-19H2,1H3,(H,26,28). The lowest BCUT2D eigenvalue weighted by Crippen LogP contribution is -2.47. The van der Waals surface area contributed by atoms with Crippen molar-refractivity contribution in [2.45, 2.75) is 57.4 Å². The average Bonchev–Trinajstić information content (AvgIpc) is 2.77. The Kier molecular flexibility index (Phi) is 7.85. The largest absolute Gasteiger partial charge is 0.353 e. The van der Waals surface area contributed by atoms with Crippen molar-refractivity contribution in [2.75, 3.05) is 13.1 Å². The summed E-state index contributed by atoms with van der Waals surface area (Å²) < 4.78 is 0. The lowest BCUT2D eigenvalue weighted by Gasteiger charge is -2.34. The molecule has 2 aromatic carbocycles. The van der Waals surface area contributed by atoms with Crippen LogP contribution in [0.2, 0.25) is 0 Å². The summed E-state index contributed by atoms with van der Waals surface area (Å²) in [5.41, 5.74) is 2.29. The minimum atomic E-state index is -0.0572. The van der Waals surface area contributed by atoms with E-state index in [0.717, 1.165) is 50.8 Å². The van der Waals surface area contributed by atoms with Crippen LogP contribution in [0.3, 0.4) is 0 Å². The Morgan fingerprint density at radius 1 is 1.00 bits per heavy atom. The molecule has 1 heterocycles. The van der Waals surface area contributed by atoms with Crippen LogP contribution in [0.1, 0.15) is 56.1 Å². The van der Waals surface area contributed by atoms with Crippen molar-refractivity contribution in [3.63, 3.8) is 0 Å². The molecule has 0 aromatic heterocycles. The molecule has 1 fully saturated rings. The van der Waals surface area contributed by atoms with E-state index in [1.54, 1.807) is 0 Å². The van der Waals surface area contributed by atoms with Crippen LogP contribution in [0.4, 0.5) is 0 Å². The SMILES string of the molecule is CCCC(C(=O)N1CCC(NC(=O)CCc2ccccc2)CC1)c1ccccc1. The van der Waals surface area contributed by atoms with Gasteiger partial charge in [-0.3, -0.25) is 9.59 Å². The first kappa shape index (κ1) is 21.1. The molecule has 3 rings (SSSR count). The second kappa shape index (κ2) is 10.8. The summed E-state index contributed by atoms with van der Waals surface area (Å²) in [5, 5.41) is 3.16. The van der Waals surface area contributed by atoms with Crippen LogP contribution < -0.4 is 5.32 Å². The van der Waals surface area contributed by atoms with Gasteiger partial charge in [-0.25, -0.2) is 0 Å². The molecule has 1 atom stereocenters. The molecule has 154 valence electrons. The van der Waals surface area contributed by atoms with Crippen molar-refractivity contribution in [3.05, 3.63) is 71.8 Å². The molecular formula is C25H32N2O2. The van der Waals surface area contributed by atoms with E-state index in [-0.39, 0.29) is 23.8 Å². The highest BCUT2D eigenvalue weighted by Crippen LogP contribution is 2.25. The summed E-state index contributed by atoms with van der Waals surface area (Å²) in [7, 11) is 0. The molecule has 29 heavy (non-hydrogen) atoms. The fraction of sp³-hybridized carbons (Fsp3) is 0.440. The van der Waals surface area contributed by atoms with Gasteiger partial charge in [0.2, 0.25) is 11.8 Å². The highest BCUT2D eigenvalue weighted by Gasteiger charge is 2.29. The smallest absolute Gasteiger partial charge is 0.230 e. The molecule has 0 spiro atoms. The summed E-state index contributed by atoms with van der Waals surface area (Å²) in [6.07, 6.45) is 4.79. The molecule has 0 saturated carbocycles. The number of likely N-dealkylation sites (tertiary alicyclic amines) is 1. The van der Waals surface area contributed by atoms with Crippen molar-refractivity contribution >= 4 is 11.8 Å². The van der Waals surface area contributed by atoms with Crippen molar-refractivity contribution in [1.82, 2.24) is 10.2 Å². The lowest BCUT2D eigenvalue weighted by molar-refractivity contribution is -0.134. The zero-order valence-corrected chi connectivity index (χ0v) is 17.3. The molecule has 1 saturated heterocycles. The van der Waals surface area contributed by atoms with Crippen molar-refractivity contribution in [3.8, 4) is 0 Å². The van der Waals surface area contributed by atoms with Crippen LogP contribution in [0.5, 0.6) is 0 Å². The van der Waals surface area contributed by atoms with E-state index in [0.29, 0.717) is 6.42 Å².